The van der Waals surface area contributed by atoms with Gasteiger partial charge in [0.1, 0.15) is 5.82 Å². The van der Waals surface area contributed by atoms with Crippen molar-refractivity contribution in [2.75, 3.05) is 7.05 Å². The van der Waals surface area contributed by atoms with Crippen molar-refractivity contribution in [2.24, 2.45) is 7.05 Å². The Morgan fingerprint density at radius 3 is 2.88 bits per heavy atom. The van der Waals surface area contributed by atoms with Crippen LogP contribution >= 0.6 is 0 Å². The van der Waals surface area contributed by atoms with E-state index in [-0.39, 0.29) is 11.4 Å². The van der Waals surface area contributed by atoms with Gasteiger partial charge in [-0.05, 0) is 19.2 Å². The molecule has 4 heteroatoms. The number of hydrogen-bond donors (Lipinski definition) is 1. The van der Waals surface area contributed by atoms with E-state index in [1.54, 1.807) is 32.3 Å². The summed E-state index contributed by atoms with van der Waals surface area (Å²) < 4.78 is 14.9. The Balaban J connectivity index is 2.83. The number of hydrogen-bond acceptors (Lipinski definition) is 2. The molecule has 0 aliphatic rings. The summed E-state index contributed by atoms with van der Waals surface area (Å²) in [5.74, 6) is -0.367. The Labute approximate surface area is 92.5 Å². The van der Waals surface area contributed by atoms with E-state index in [0.29, 0.717) is 17.6 Å². The lowest BCUT2D eigenvalue weighted by atomic mass is 10.1. The topological polar surface area (TPSA) is 34.0 Å². The van der Waals surface area contributed by atoms with Crippen LogP contribution in [-0.2, 0) is 13.6 Å². The summed E-state index contributed by atoms with van der Waals surface area (Å²) >= 11 is 0. The lowest BCUT2D eigenvalue weighted by Gasteiger charge is -2.08. The number of nitrogens with one attached hydrogen (secondary N) is 1. The number of para-hydroxylation sites is 1. The second-order valence-electron chi connectivity index (χ2n) is 3.74. The van der Waals surface area contributed by atoms with E-state index in [4.69, 9.17) is 0 Å². The van der Waals surface area contributed by atoms with E-state index in [1.165, 1.54) is 10.6 Å². The molecule has 1 N–H and O–H groups in total. The van der Waals surface area contributed by atoms with Crippen molar-refractivity contribution < 1.29 is 4.39 Å². The molecule has 0 aliphatic heterocycles. The molecule has 0 aliphatic carbocycles. The van der Waals surface area contributed by atoms with Crippen LogP contribution in [0, 0.1) is 5.82 Å². The summed E-state index contributed by atoms with van der Waals surface area (Å²) in [7, 11) is 3.36. The van der Waals surface area contributed by atoms with Crippen LogP contribution in [0.2, 0.25) is 0 Å². The average Bonchev–Trinajstić information content (AvgIpc) is 2.25. The predicted octanol–water partition coefficient (Wildman–Crippen LogP) is 1.40. The van der Waals surface area contributed by atoms with Gasteiger partial charge in [0.15, 0.2) is 0 Å². The van der Waals surface area contributed by atoms with Crippen molar-refractivity contribution in [2.45, 2.75) is 6.54 Å². The fraction of sp³-hybridized carbons (Fsp3) is 0.250. The van der Waals surface area contributed by atoms with Crippen molar-refractivity contribution in [3.05, 3.63) is 46.0 Å². The zero-order chi connectivity index (χ0) is 11.7. The van der Waals surface area contributed by atoms with Crippen molar-refractivity contribution in [3.63, 3.8) is 0 Å². The lowest BCUT2D eigenvalue weighted by molar-refractivity contribution is 0.628. The number of nitrogens with zero attached hydrogens (tertiary/aromatic N) is 1. The molecule has 0 saturated carbocycles. The van der Waals surface area contributed by atoms with Crippen molar-refractivity contribution >= 4 is 10.9 Å². The number of aromatic nitrogens is 1. The fourth-order valence-corrected chi connectivity index (χ4v) is 1.89. The maximum atomic E-state index is 13.6. The van der Waals surface area contributed by atoms with Crippen LogP contribution in [-0.4, -0.2) is 11.6 Å². The highest BCUT2D eigenvalue weighted by molar-refractivity contribution is 5.80. The molecule has 0 spiro atoms. The van der Waals surface area contributed by atoms with Crippen LogP contribution in [0.1, 0.15) is 5.56 Å². The molecule has 16 heavy (non-hydrogen) atoms. The second-order valence-corrected chi connectivity index (χ2v) is 3.74. The monoisotopic (exact) mass is 220 g/mol. The maximum absolute atomic E-state index is 13.6. The normalized spacial score (nSPS) is 10.9. The molecule has 0 amide bonds. The van der Waals surface area contributed by atoms with Gasteiger partial charge in [-0.25, -0.2) is 4.39 Å². The Kier molecular flexibility index (Phi) is 2.75. The van der Waals surface area contributed by atoms with Crippen LogP contribution in [0.3, 0.4) is 0 Å². The van der Waals surface area contributed by atoms with Crippen LogP contribution in [0.15, 0.2) is 29.1 Å². The molecular formula is C12H13FN2O. The van der Waals surface area contributed by atoms with Gasteiger partial charge >= 0.3 is 0 Å². The highest BCUT2D eigenvalue weighted by atomic mass is 19.1. The van der Waals surface area contributed by atoms with Crippen LogP contribution in [0.4, 0.5) is 4.39 Å². The highest BCUT2D eigenvalue weighted by Crippen LogP contribution is 2.16. The largest absolute Gasteiger partial charge is 0.315 e. The molecule has 2 aromatic rings. The molecule has 0 saturated heterocycles. The number of fused-ring (bicyclic) bond motifs is 1. The Hall–Kier alpha value is -1.68. The summed E-state index contributed by atoms with van der Waals surface area (Å²) in [6.45, 7) is 0.485. The molecule has 0 radical (unpaired) electrons. The van der Waals surface area contributed by atoms with Gasteiger partial charge < -0.3 is 9.88 Å². The number of aryl methyl sites for hydroxylation is 1. The first-order chi connectivity index (χ1) is 7.65. The summed E-state index contributed by atoms with van der Waals surface area (Å²) in [6, 6.07) is 6.54. The van der Waals surface area contributed by atoms with Gasteiger partial charge in [-0.3, -0.25) is 4.79 Å². The molecule has 1 aromatic heterocycles. The first kappa shape index (κ1) is 10.8. The molecule has 0 atom stereocenters. The first-order valence-corrected chi connectivity index (χ1v) is 5.07. The van der Waals surface area contributed by atoms with Gasteiger partial charge in [0.2, 0.25) is 0 Å². The molecule has 1 heterocycles. The quantitative estimate of drug-likeness (QED) is 0.830. The average molecular weight is 220 g/mol. The van der Waals surface area contributed by atoms with E-state index < -0.39 is 0 Å². The minimum Gasteiger partial charge on any atom is -0.315 e. The van der Waals surface area contributed by atoms with Gasteiger partial charge in [0.25, 0.3) is 5.56 Å². The lowest BCUT2D eigenvalue weighted by Crippen LogP contribution is -2.24. The SMILES string of the molecule is CNCc1cc2cccc(F)c2n(C)c1=O. The molecule has 2 rings (SSSR count). The minimum absolute atomic E-state index is 0.160. The standard InChI is InChI=1S/C12H13FN2O/c1-14-7-9-6-8-4-3-5-10(13)11(8)15(2)12(9)16/h3-6,14H,7H2,1-2H3. The summed E-state index contributed by atoms with van der Waals surface area (Å²) in [6.07, 6.45) is 0. The van der Waals surface area contributed by atoms with Crippen LogP contribution < -0.4 is 10.9 Å². The smallest absolute Gasteiger partial charge is 0.255 e. The van der Waals surface area contributed by atoms with Gasteiger partial charge in [-0.15, -0.1) is 0 Å². The molecular weight excluding hydrogens is 207 g/mol. The third-order valence-corrected chi connectivity index (χ3v) is 2.63. The number of pyridine rings is 1. The third kappa shape index (κ3) is 1.61. The van der Waals surface area contributed by atoms with Gasteiger partial charge in [-0.1, -0.05) is 12.1 Å². The van der Waals surface area contributed by atoms with E-state index >= 15 is 0 Å². The zero-order valence-electron chi connectivity index (χ0n) is 9.25. The Morgan fingerprint density at radius 2 is 2.19 bits per heavy atom. The van der Waals surface area contributed by atoms with E-state index in [2.05, 4.69) is 5.32 Å². The predicted molar refractivity (Wildman–Crippen MR) is 61.9 cm³/mol. The van der Waals surface area contributed by atoms with Crippen LogP contribution in [0.25, 0.3) is 10.9 Å². The maximum Gasteiger partial charge on any atom is 0.255 e. The molecule has 0 unspecified atom stereocenters. The fourth-order valence-electron chi connectivity index (χ4n) is 1.89. The van der Waals surface area contributed by atoms with Crippen LogP contribution in [0.5, 0.6) is 0 Å². The molecule has 84 valence electrons. The zero-order valence-corrected chi connectivity index (χ0v) is 9.25. The van der Waals surface area contributed by atoms with Gasteiger partial charge in [0, 0.05) is 24.5 Å². The molecule has 1 aromatic carbocycles. The van der Waals surface area contributed by atoms with Gasteiger partial charge in [-0.2, -0.15) is 0 Å². The van der Waals surface area contributed by atoms with E-state index in [1.807, 2.05) is 0 Å². The minimum atomic E-state index is -0.367. The summed E-state index contributed by atoms with van der Waals surface area (Å²) in [5.41, 5.74) is 0.836. The van der Waals surface area contributed by atoms with Crippen molar-refractivity contribution in [1.29, 1.82) is 0 Å². The molecule has 0 fully saturated rings. The first-order valence-electron chi connectivity index (χ1n) is 5.07. The summed E-state index contributed by atoms with van der Waals surface area (Å²) in [4.78, 5) is 11.9. The number of benzene rings is 1. The third-order valence-electron chi connectivity index (χ3n) is 2.63. The van der Waals surface area contributed by atoms with Crippen molar-refractivity contribution in [1.82, 2.24) is 9.88 Å². The summed E-state index contributed by atoms with van der Waals surface area (Å²) in [5, 5.41) is 3.67. The second kappa shape index (κ2) is 4.06. The number of rotatable bonds is 2. The Bertz CT molecular complexity index is 589. The molecule has 0 bridgehead atoms. The molecule has 3 nitrogen and oxygen atoms in total. The number of halogens is 1. The van der Waals surface area contributed by atoms with Gasteiger partial charge in [0.05, 0.1) is 5.52 Å². The Morgan fingerprint density at radius 1 is 1.44 bits per heavy atom. The van der Waals surface area contributed by atoms with E-state index in [0.717, 1.165) is 5.39 Å². The van der Waals surface area contributed by atoms with E-state index in [9.17, 15) is 9.18 Å². The highest BCUT2D eigenvalue weighted by Gasteiger charge is 2.08. The van der Waals surface area contributed by atoms with Crippen molar-refractivity contribution in [3.8, 4) is 0 Å².